The van der Waals surface area contributed by atoms with E-state index in [2.05, 4.69) is 10.3 Å². The summed E-state index contributed by atoms with van der Waals surface area (Å²) in [5.41, 5.74) is 0. The van der Waals surface area contributed by atoms with Gasteiger partial charge in [0.2, 0.25) is 0 Å². The summed E-state index contributed by atoms with van der Waals surface area (Å²) >= 11 is 0. The minimum absolute atomic E-state index is 0.0352. The molecule has 1 fully saturated rings. The van der Waals surface area contributed by atoms with Crippen LogP contribution in [0.5, 0.6) is 0 Å². The number of carbonyl (C=O) groups is 1. The Hall–Kier alpha value is -1.37. The van der Waals surface area contributed by atoms with E-state index < -0.39 is 9.84 Å². The first-order valence-electron chi connectivity index (χ1n) is 4.56. The quantitative estimate of drug-likeness (QED) is 0.712. The third-order valence-electron chi connectivity index (χ3n) is 2.30. The lowest BCUT2D eigenvalue weighted by Crippen LogP contribution is -2.37. The SMILES string of the molecule is O=C(NC1CCS(=O)(=O)C1)n1ccnc1. The van der Waals surface area contributed by atoms with E-state index in [4.69, 9.17) is 0 Å². The first kappa shape index (κ1) is 10.2. The summed E-state index contributed by atoms with van der Waals surface area (Å²) in [5, 5.41) is 2.64. The lowest BCUT2D eigenvalue weighted by atomic mass is 10.3. The van der Waals surface area contributed by atoms with Gasteiger partial charge in [0.15, 0.2) is 9.84 Å². The summed E-state index contributed by atoms with van der Waals surface area (Å²) in [6.07, 6.45) is 4.87. The number of aromatic nitrogens is 2. The predicted molar refractivity (Wildman–Crippen MR) is 53.2 cm³/mol. The van der Waals surface area contributed by atoms with E-state index in [1.54, 1.807) is 0 Å². The van der Waals surface area contributed by atoms with Gasteiger partial charge in [0, 0.05) is 18.4 Å². The van der Waals surface area contributed by atoms with Gasteiger partial charge in [0.1, 0.15) is 6.33 Å². The van der Waals surface area contributed by atoms with Gasteiger partial charge in [0.25, 0.3) is 0 Å². The molecule has 2 rings (SSSR count). The van der Waals surface area contributed by atoms with Crippen molar-refractivity contribution in [2.24, 2.45) is 0 Å². The van der Waals surface area contributed by atoms with E-state index in [1.165, 1.54) is 23.3 Å². The van der Waals surface area contributed by atoms with E-state index in [-0.39, 0.29) is 23.6 Å². The molecule has 1 aromatic rings. The lowest BCUT2D eigenvalue weighted by Gasteiger charge is -2.10. The number of sulfone groups is 1. The molecule has 2 heterocycles. The van der Waals surface area contributed by atoms with Crippen molar-refractivity contribution in [2.75, 3.05) is 11.5 Å². The van der Waals surface area contributed by atoms with E-state index >= 15 is 0 Å². The molecule has 0 saturated carbocycles. The Morgan fingerprint density at radius 1 is 1.53 bits per heavy atom. The van der Waals surface area contributed by atoms with Gasteiger partial charge in [-0.2, -0.15) is 0 Å². The Morgan fingerprint density at radius 2 is 2.33 bits per heavy atom. The zero-order chi connectivity index (χ0) is 10.9. The standard InChI is InChI=1S/C8H11N3O3S/c12-8(11-3-2-9-6-11)10-7-1-4-15(13,14)5-7/h2-3,6-7H,1,4-5H2,(H,10,12). The molecular weight excluding hydrogens is 218 g/mol. The lowest BCUT2D eigenvalue weighted by molar-refractivity contribution is 0.239. The van der Waals surface area contributed by atoms with Crippen molar-refractivity contribution in [3.63, 3.8) is 0 Å². The molecule has 1 aliphatic heterocycles. The van der Waals surface area contributed by atoms with Gasteiger partial charge in [0.05, 0.1) is 11.5 Å². The topological polar surface area (TPSA) is 81.1 Å². The molecule has 15 heavy (non-hydrogen) atoms. The Morgan fingerprint density at radius 3 is 2.87 bits per heavy atom. The van der Waals surface area contributed by atoms with Crippen LogP contribution in [0.15, 0.2) is 18.7 Å². The molecule has 82 valence electrons. The molecule has 1 atom stereocenters. The van der Waals surface area contributed by atoms with Crippen LogP contribution in [-0.2, 0) is 9.84 Å². The van der Waals surface area contributed by atoms with Crippen molar-refractivity contribution >= 4 is 15.9 Å². The molecule has 0 bridgehead atoms. The number of hydrogen-bond donors (Lipinski definition) is 1. The van der Waals surface area contributed by atoms with E-state index in [0.717, 1.165) is 0 Å². The first-order valence-corrected chi connectivity index (χ1v) is 6.38. The Labute approximate surface area is 87.2 Å². The molecule has 1 aromatic heterocycles. The van der Waals surface area contributed by atoms with Crippen LogP contribution in [0.1, 0.15) is 6.42 Å². The monoisotopic (exact) mass is 229 g/mol. The molecule has 1 saturated heterocycles. The van der Waals surface area contributed by atoms with E-state index in [0.29, 0.717) is 6.42 Å². The summed E-state index contributed by atoms with van der Waals surface area (Å²) in [6.45, 7) is 0. The van der Waals surface area contributed by atoms with Crippen molar-refractivity contribution in [1.82, 2.24) is 14.9 Å². The zero-order valence-corrected chi connectivity index (χ0v) is 8.77. The van der Waals surface area contributed by atoms with Gasteiger partial charge >= 0.3 is 6.03 Å². The third-order valence-corrected chi connectivity index (χ3v) is 4.07. The molecule has 0 aromatic carbocycles. The number of imidazole rings is 1. The second-order valence-electron chi connectivity index (χ2n) is 3.52. The summed E-state index contributed by atoms with van der Waals surface area (Å²) in [4.78, 5) is 15.2. The van der Waals surface area contributed by atoms with Gasteiger partial charge < -0.3 is 5.32 Å². The summed E-state index contributed by atoms with van der Waals surface area (Å²) in [6, 6.07) is -0.612. The molecule has 6 nitrogen and oxygen atoms in total. The van der Waals surface area contributed by atoms with Crippen molar-refractivity contribution in [3.05, 3.63) is 18.7 Å². The minimum Gasteiger partial charge on any atom is -0.334 e. The maximum absolute atomic E-state index is 11.5. The normalized spacial score (nSPS) is 23.9. The second kappa shape index (κ2) is 3.65. The third kappa shape index (κ3) is 2.35. The molecule has 7 heteroatoms. The highest BCUT2D eigenvalue weighted by atomic mass is 32.2. The van der Waals surface area contributed by atoms with Crippen molar-refractivity contribution in [3.8, 4) is 0 Å². The van der Waals surface area contributed by atoms with E-state index in [9.17, 15) is 13.2 Å². The molecule has 1 aliphatic rings. The minimum atomic E-state index is -2.95. The van der Waals surface area contributed by atoms with Crippen LogP contribution >= 0.6 is 0 Å². The van der Waals surface area contributed by atoms with Crippen LogP contribution in [-0.4, -0.2) is 41.5 Å². The largest absolute Gasteiger partial charge is 0.334 e. The maximum atomic E-state index is 11.5. The Bertz CT molecular complexity index is 451. The molecule has 0 radical (unpaired) electrons. The zero-order valence-electron chi connectivity index (χ0n) is 7.96. The van der Waals surface area contributed by atoms with Crippen molar-refractivity contribution < 1.29 is 13.2 Å². The number of amides is 1. The summed E-state index contributed by atoms with van der Waals surface area (Å²) in [5.74, 6) is 0.190. The van der Waals surface area contributed by atoms with Gasteiger partial charge in [-0.1, -0.05) is 0 Å². The fraction of sp³-hybridized carbons (Fsp3) is 0.500. The van der Waals surface area contributed by atoms with Gasteiger partial charge in [-0.3, -0.25) is 4.57 Å². The van der Waals surface area contributed by atoms with Crippen LogP contribution < -0.4 is 5.32 Å². The number of carbonyl (C=O) groups excluding carboxylic acids is 1. The molecule has 1 amide bonds. The van der Waals surface area contributed by atoms with Crippen LogP contribution in [0.4, 0.5) is 4.79 Å². The molecule has 0 aliphatic carbocycles. The van der Waals surface area contributed by atoms with Gasteiger partial charge in [-0.15, -0.1) is 0 Å². The molecular formula is C8H11N3O3S. The summed E-state index contributed by atoms with van der Waals surface area (Å²) < 4.78 is 23.6. The number of rotatable bonds is 1. The molecule has 1 unspecified atom stereocenters. The van der Waals surface area contributed by atoms with Gasteiger partial charge in [-0.05, 0) is 6.42 Å². The predicted octanol–water partition coefficient (Wildman–Crippen LogP) is -0.372. The van der Waals surface area contributed by atoms with Crippen LogP contribution in [0.3, 0.4) is 0 Å². The van der Waals surface area contributed by atoms with Gasteiger partial charge in [-0.25, -0.2) is 18.2 Å². The van der Waals surface area contributed by atoms with E-state index in [1.807, 2.05) is 0 Å². The van der Waals surface area contributed by atoms with Crippen LogP contribution in [0.25, 0.3) is 0 Å². The van der Waals surface area contributed by atoms with Crippen molar-refractivity contribution in [1.29, 1.82) is 0 Å². The highest BCUT2D eigenvalue weighted by Crippen LogP contribution is 2.11. The number of nitrogens with one attached hydrogen (secondary N) is 1. The highest BCUT2D eigenvalue weighted by molar-refractivity contribution is 7.91. The fourth-order valence-corrected chi connectivity index (χ4v) is 3.21. The molecule has 1 N–H and O–H groups in total. The number of nitrogens with zero attached hydrogens (tertiary/aromatic N) is 2. The summed E-state index contributed by atoms with van der Waals surface area (Å²) in [7, 11) is -2.95. The average molecular weight is 229 g/mol. The molecule has 0 spiro atoms. The van der Waals surface area contributed by atoms with Crippen LogP contribution in [0, 0.1) is 0 Å². The smallest absolute Gasteiger partial charge is 0.327 e. The van der Waals surface area contributed by atoms with Crippen molar-refractivity contribution in [2.45, 2.75) is 12.5 Å². The van der Waals surface area contributed by atoms with Crippen LogP contribution in [0.2, 0.25) is 0 Å². The highest BCUT2D eigenvalue weighted by Gasteiger charge is 2.29. The Balaban J connectivity index is 1.97. The Kier molecular flexibility index (Phi) is 2.47. The fourth-order valence-electron chi connectivity index (χ4n) is 1.54. The second-order valence-corrected chi connectivity index (χ2v) is 5.75. The number of hydrogen-bond acceptors (Lipinski definition) is 4. The first-order chi connectivity index (χ1) is 7.07. The average Bonchev–Trinajstić information content (AvgIpc) is 2.74. The maximum Gasteiger partial charge on any atom is 0.327 e.